The zero-order chi connectivity index (χ0) is 28.8. The number of nitrogens with one attached hydrogen (secondary N) is 2. The topological polar surface area (TPSA) is 89.5 Å². The number of benzene rings is 4. The monoisotopic (exact) mass is 583 g/mol. The number of carbonyl (C=O) groups is 2. The first-order valence-corrected chi connectivity index (χ1v) is 14.8. The van der Waals surface area contributed by atoms with Crippen LogP contribution in [0.1, 0.15) is 23.7 Å². The van der Waals surface area contributed by atoms with Crippen molar-refractivity contribution >= 4 is 56.5 Å². The fraction of sp³-hybridized carbons (Fsp3) is 0.156. The first-order chi connectivity index (χ1) is 20.0. The molecular formula is C32H29N3O4S2. The van der Waals surface area contributed by atoms with Gasteiger partial charge in [-0.15, -0.1) is 23.1 Å². The molecule has 0 aliphatic heterocycles. The number of rotatable bonds is 10. The molecule has 1 aromatic heterocycles. The van der Waals surface area contributed by atoms with E-state index in [4.69, 9.17) is 9.47 Å². The Morgan fingerprint density at radius 3 is 2.34 bits per heavy atom. The van der Waals surface area contributed by atoms with Crippen molar-refractivity contribution in [2.75, 3.05) is 24.9 Å². The zero-order valence-corrected chi connectivity index (χ0v) is 24.5. The molecule has 0 aliphatic rings. The number of thioether (sulfide) groups is 1. The van der Waals surface area contributed by atoms with Gasteiger partial charge in [0.2, 0.25) is 5.91 Å². The summed E-state index contributed by atoms with van der Waals surface area (Å²) >= 11 is 2.84. The van der Waals surface area contributed by atoms with Crippen LogP contribution in [0.4, 0.5) is 10.8 Å². The quantitative estimate of drug-likeness (QED) is 0.164. The number of carbonyl (C=O) groups excluding carboxylic acids is 2. The van der Waals surface area contributed by atoms with E-state index in [1.807, 2.05) is 48.7 Å². The Bertz CT molecular complexity index is 1680. The molecule has 0 saturated heterocycles. The number of thiazole rings is 1. The summed E-state index contributed by atoms with van der Waals surface area (Å²) in [6, 6.07) is 27.0. The largest absolute Gasteiger partial charge is 0.496 e. The molecule has 1 unspecified atom stereocenters. The molecule has 0 bridgehead atoms. The SMILES string of the molecule is CCC(Sc1cccc(NC(=O)c2c(OC)cccc2OC)c1)C(=O)Nc1nc(-c2ccc3ccccc3c2)cs1. The first-order valence-electron chi connectivity index (χ1n) is 13.0. The van der Waals surface area contributed by atoms with E-state index in [1.165, 1.54) is 42.7 Å². The Morgan fingerprint density at radius 1 is 0.878 bits per heavy atom. The molecular weight excluding hydrogens is 555 g/mol. The van der Waals surface area contributed by atoms with E-state index in [9.17, 15) is 9.59 Å². The van der Waals surface area contributed by atoms with Crippen molar-refractivity contribution in [1.29, 1.82) is 0 Å². The summed E-state index contributed by atoms with van der Waals surface area (Å²) in [4.78, 5) is 31.8. The lowest BCUT2D eigenvalue weighted by Gasteiger charge is -2.15. The molecule has 0 radical (unpaired) electrons. The van der Waals surface area contributed by atoms with Crippen LogP contribution in [0.2, 0.25) is 0 Å². The van der Waals surface area contributed by atoms with Gasteiger partial charge in [0, 0.05) is 21.5 Å². The maximum atomic E-state index is 13.2. The minimum Gasteiger partial charge on any atom is -0.496 e. The molecule has 41 heavy (non-hydrogen) atoms. The van der Waals surface area contributed by atoms with E-state index in [0.717, 1.165) is 21.5 Å². The van der Waals surface area contributed by atoms with Gasteiger partial charge in [0.25, 0.3) is 5.91 Å². The molecule has 0 fully saturated rings. The van der Waals surface area contributed by atoms with Crippen molar-refractivity contribution in [2.45, 2.75) is 23.5 Å². The highest BCUT2D eigenvalue weighted by Gasteiger charge is 2.21. The summed E-state index contributed by atoms with van der Waals surface area (Å²) in [5.74, 6) is 0.365. The Morgan fingerprint density at radius 2 is 1.61 bits per heavy atom. The van der Waals surface area contributed by atoms with Gasteiger partial charge in [0.1, 0.15) is 17.1 Å². The predicted octanol–water partition coefficient (Wildman–Crippen LogP) is 7.74. The van der Waals surface area contributed by atoms with Gasteiger partial charge >= 0.3 is 0 Å². The van der Waals surface area contributed by atoms with E-state index in [0.29, 0.717) is 34.3 Å². The molecule has 2 N–H and O–H groups in total. The van der Waals surface area contributed by atoms with Crippen LogP contribution in [0.3, 0.4) is 0 Å². The minimum atomic E-state index is -0.350. The van der Waals surface area contributed by atoms with Crippen LogP contribution >= 0.6 is 23.1 Å². The van der Waals surface area contributed by atoms with Gasteiger partial charge < -0.3 is 20.1 Å². The van der Waals surface area contributed by atoms with Gasteiger partial charge in [-0.25, -0.2) is 4.98 Å². The number of methoxy groups -OCH3 is 2. The highest BCUT2D eigenvalue weighted by Crippen LogP contribution is 2.32. The number of nitrogens with zero attached hydrogens (tertiary/aromatic N) is 1. The van der Waals surface area contributed by atoms with Gasteiger partial charge in [-0.05, 0) is 53.6 Å². The fourth-order valence-electron chi connectivity index (χ4n) is 4.40. The highest BCUT2D eigenvalue weighted by atomic mass is 32.2. The van der Waals surface area contributed by atoms with Crippen molar-refractivity contribution in [3.05, 3.63) is 95.9 Å². The summed E-state index contributed by atoms with van der Waals surface area (Å²) < 4.78 is 10.7. The third-order valence-corrected chi connectivity index (χ3v) is 8.58. The molecule has 0 aliphatic carbocycles. The smallest absolute Gasteiger partial charge is 0.263 e. The van der Waals surface area contributed by atoms with Crippen LogP contribution in [-0.2, 0) is 4.79 Å². The van der Waals surface area contributed by atoms with Crippen molar-refractivity contribution < 1.29 is 19.1 Å². The fourth-order valence-corrected chi connectivity index (χ4v) is 6.14. The molecule has 208 valence electrons. The lowest BCUT2D eigenvalue weighted by molar-refractivity contribution is -0.115. The third-order valence-electron chi connectivity index (χ3n) is 6.47. The summed E-state index contributed by atoms with van der Waals surface area (Å²) in [6.07, 6.45) is 0.619. The molecule has 5 rings (SSSR count). The number of ether oxygens (including phenoxy) is 2. The number of amides is 2. The van der Waals surface area contributed by atoms with E-state index in [1.54, 1.807) is 24.3 Å². The van der Waals surface area contributed by atoms with Crippen LogP contribution in [0.25, 0.3) is 22.0 Å². The van der Waals surface area contributed by atoms with Gasteiger partial charge in [-0.2, -0.15) is 0 Å². The number of hydrogen-bond acceptors (Lipinski definition) is 7. The van der Waals surface area contributed by atoms with Crippen molar-refractivity contribution in [1.82, 2.24) is 4.98 Å². The zero-order valence-electron chi connectivity index (χ0n) is 22.8. The lowest BCUT2D eigenvalue weighted by Crippen LogP contribution is -2.24. The maximum absolute atomic E-state index is 13.2. The molecule has 5 aromatic rings. The first kappa shape index (κ1) is 28.2. The third kappa shape index (κ3) is 6.53. The summed E-state index contributed by atoms with van der Waals surface area (Å²) in [6.45, 7) is 1.97. The Kier molecular flexibility index (Phi) is 8.86. The van der Waals surface area contributed by atoms with Crippen molar-refractivity contribution in [3.63, 3.8) is 0 Å². The average Bonchev–Trinajstić information content (AvgIpc) is 3.47. The number of fused-ring (bicyclic) bond motifs is 1. The summed E-state index contributed by atoms with van der Waals surface area (Å²) in [7, 11) is 3.02. The van der Waals surface area contributed by atoms with Crippen LogP contribution in [0.5, 0.6) is 11.5 Å². The van der Waals surface area contributed by atoms with Crippen LogP contribution in [0, 0.1) is 0 Å². The van der Waals surface area contributed by atoms with Crippen LogP contribution in [0.15, 0.2) is 95.2 Å². The van der Waals surface area contributed by atoms with E-state index in [-0.39, 0.29) is 17.1 Å². The second kappa shape index (κ2) is 12.9. The Labute approximate surface area is 246 Å². The van der Waals surface area contributed by atoms with Crippen LogP contribution < -0.4 is 20.1 Å². The van der Waals surface area contributed by atoms with Crippen LogP contribution in [-0.4, -0.2) is 36.3 Å². The molecule has 4 aromatic carbocycles. The minimum absolute atomic E-state index is 0.120. The molecule has 0 saturated carbocycles. The van der Waals surface area contributed by atoms with E-state index < -0.39 is 0 Å². The van der Waals surface area contributed by atoms with E-state index >= 15 is 0 Å². The summed E-state index contributed by atoms with van der Waals surface area (Å²) in [5, 5.41) is 10.4. The summed E-state index contributed by atoms with van der Waals surface area (Å²) in [5.41, 5.74) is 2.74. The van der Waals surface area contributed by atoms with Gasteiger partial charge in [-0.1, -0.05) is 55.5 Å². The standard InChI is InChI=1S/C32H29N3O4S2/c1-4-28(30(36)35-32-34-25(19-40-32)22-16-15-20-9-5-6-10-21(20)17-22)41-24-12-7-11-23(18-24)33-31(37)29-26(38-2)13-8-14-27(29)39-3/h5-19,28H,4H2,1-3H3,(H,33,37)(H,34,35,36). The predicted molar refractivity (Wildman–Crippen MR) is 168 cm³/mol. The maximum Gasteiger partial charge on any atom is 0.263 e. The Balaban J connectivity index is 1.25. The number of anilines is 2. The molecule has 1 atom stereocenters. The average molecular weight is 584 g/mol. The Hall–Kier alpha value is -4.34. The van der Waals surface area contributed by atoms with Gasteiger partial charge in [-0.3, -0.25) is 9.59 Å². The molecule has 9 heteroatoms. The lowest BCUT2D eigenvalue weighted by atomic mass is 10.1. The molecule has 2 amide bonds. The van der Waals surface area contributed by atoms with E-state index in [2.05, 4.69) is 39.9 Å². The molecule has 7 nitrogen and oxygen atoms in total. The highest BCUT2D eigenvalue weighted by molar-refractivity contribution is 8.00. The molecule has 0 spiro atoms. The molecule has 1 heterocycles. The van der Waals surface area contributed by atoms with Crippen molar-refractivity contribution in [3.8, 4) is 22.8 Å². The number of aromatic nitrogens is 1. The van der Waals surface area contributed by atoms with Gasteiger partial charge in [0.15, 0.2) is 5.13 Å². The second-order valence-corrected chi connectivity index (χ2v) is 11.3. The van der Waals surface area contributed by atoms with Gasteiger partial charge in [0.05, 0.1) is 25.2 Å². The number of hydrogen-bond donors (Lipinski definition) is 2. The second-order valence-electron chi connectivity index (χ2n) is 9.12. The normalized spacial score (nSPS) is 11.6. The van der Waals surface area contributed by atoms with Crippen molar-refractivity contribution in [2.24, 2.45) is 0 Å².